The van der Waals surface area contributed by atoms with Crippen LogP contribution >= 0.6 is 0 Å². The fourth-order valence-corrected chi connectivity index (χ4v) is 3.04. The third-order valence-electron chi connectivity index (χ3n) is 4.58. The molecule has 192 valence electrons. The molecule has 0 aliphatic carbocycles. The first-order valence-corrected chi connectivity index (χ1v) is 10.2. The second-order valence-corrected chi connectivity index (χ2v) is 7.34. The first-order valence-electron chi connectivity index (χ1n) is 10.2. The molecule has 1 amide bonds. The molecule has 2 heterocycles. The molecule has 2 aromatic heterocycles. The van der Waals surface area contributed by atoms with Crippen molar-refractivity contribution >= 4 is 17.6 Å². The van der Waals surface area contributed by atoms with Crippen LogP contribution in [0.15, 0.2) is 59.3 Å². The van der Waals surface area contributed by atoms with E-state index in [9.17, 15) is 27.2 Å². The van der Waals surface area contributed by atoms with Crippen molar-refractivity contribution in [1.29, 1.82) is 0 Å². The monoisotopic (exact) mass is 521 g/mol. The van der Waals surface area contributed by atoms with E-state index in [2.05, 4.69) is 25.5 Å². The van der Waals surface area contributed by atoms with E-state index in [4.69, 9.17) is 14.4 Å². The van der Waals surface area contributed by atoms with Crippen LogP contribution in [0.25, 0.3) is 11.3 Å². The van der Waals surface area contributed by atoms with Crippen LogP contribution in [-0.4, -0.2) is 43.5 Å². The molecule has 0 saturated carbocycles. The highest BCUT2D eigenvalue weighted by atomic mass is 19.4. The molecular formula is C22H15F4N5O6. The average molecular weight is 521 g/mol. The highest BCUT2D eigenvalue weighted by Crippen LogP contribution is 2.32. The van der Waals surface area contributed by atoms with Gasteiger partial charge in [0.25, 0.3) is 0 Å². The number of alkyl halides is 3. The Balaban J connectivity index is 1.35. The van der Waals surface area contributed by atoms with Gasteiger partial charge in [0, 0.05) is 17.8 Å². The van der Waals surface area contributed by atoms with Crippen molar-refractivity contribution in [1.82, 2.24) is 20.2 Å². The maximum atomic E-state index is 13.8. The topological polar surface area (TPSA) is 142 Å². The van der Waals surface area contributed by atoms with E-state index in [0.29, 0.717) is 0 Å². The summed E-state index contributed by atoms with van der Waals surface area (Å²) >= 11 is 0. The molecular weight excluding hydrogens is 506 g/mol. The second-order valence-electron chi connectivity index (χ2n) is 7.34. The minimum absolute atomic E-state index is 0.0262. The minimum Gasteiger partial charge on any atom is -0.486 e. The first-order chi connectivity index (χ1) is 17.6. The van der Waals surface area contributed by atoms with Crippen molar-refractivity contribution in [2.75, 3.05) is 5.32 Å². The largest absolute Gasteiger partial charge is 0.573 e. The summed E-state index contributed by atoms with van der Waals surface area (Å²) < 4.78 is 66.0. The Morgan fingerprint density at radius 3 is 2.54 bits per heavy atom. The van der Waals surface area contributed by atoms with Crippen molar-refractivity contribution < 1.29 is 46.3 Å². The molecule has 11 nitrogen and oxygen atoms in total. The molecule has 0 unspecified atom stereocenters. The summed E-state index contributed by atoms with van der Waals surface area (Å²) in [6.07, 6.45) is -3.43. The number of hydrogen-bond donors (Lipinski definition) is 2. The number of nitrogens with one attached hydrogen (secondary N) is 1. The second kappa shape index (κ2) is 10.3. The summed E-state index contributed by atoms with van der Waals surface area (Å²) in [5, 5.41) is 22.6. The molecule has 37 heavy (non-hydrogen) atoms. The smallest absolute Gasteiger partial charge is 0.486 e. The molecule has 0 aliphatic heterocycles. The predicted molar refractivity (Wildman–Crippen MR) is 115 cm³/mol. The fourth-order valence-electron chi connectivity index (χ4n) is 3.04. The normalized spacial score (nSPS) is 11.2. The summed E-state index contributed by atoms with van der Waals surface area (Å²) in [4.78, 5) is 23.3. The van der Waals surface area contributed by atoms with E-state index in [-0.39, 0.29) is 47.3 Å². The number of halogens is 4. The van der Waals surface area contributed by atoms with E-state index < -0.39 is 29.8 Å². The Morgan fingerprint density at radius 1 is 1.11 bits per heavy atom. The van der Waals surface area contributed by atoms with E-state index >= 15 is 0 Å². The number of aromatic nitrogens is 4. The van der Waals surface area contributed by atoms with Gasteiger partial charge in [0.2, 0.25) is 5.91 Å². The molecule has 2 N–H and O–H groups in total. The number of amides is 1. The lowest BCUT2D eigenvalue weighted by Crippen LogP contribution is -2.19. The van der Waals surface area contributed by atoms with Gasteiger partial charge in [-0.05, 0) is 36.4 Å². The van der Waals surface area contributed by atoms with E-state index in [1.165, 1.54) is 29.1 Å². The van der Waals surface area contributed by atoms with Gasteiger partial charge in [-0.3, -0.25) is 4.79 Å². The van der Waals surface area contributed by atoms with Crippen LogP contribution in [-0.2, 0) is 17.9 Å². The highest BCUT2D eigenvalue weighted by molar-refractivity contribution is 5.90. The first kappa shape index (κ1) is 25.2. The molecule has 0 atom stereocenters. The molecule has 2 aromatic carbocycles. The summed E-state index contributed by atoms with van der Waals surface area (Å²) in [7, 11) is 0. The molecule has 4 aromatic rings. The van der Waals surface area contributed by atoms with Gasteiger partial charge in [-0.25, -0.2) is 13.9 Å². The van der Waals surface area contributed by atoms with Crippen molar-refractivity contribution in [3.05, 3.63) is 71.9 Å². The zero-order valence-electron chi connectivity index (χ0n) is 18.4. The summed E-state index contributed by atoms with van der Waals surface area (Å²) in [6.45, 7) is -0.451. The van der Waals surface area contributed by atoms with Gasteiger partial charge in [-0.15, -0.1) is 18.3 Å². The van der Waals surface area contributed by atoms with Crippen LogP contribution in [0.1, 0.15) is 16.2 Å². The van der Waals surface area contributed by atoms with Gasteiger partial charge in [0.1, 0.15) is 36.2 Å². The standard InChI is InChI=1S/C22H15F4N5O6/c23-12-1-6-16(19-8-17(21(33)34)29-37-19)18(7-12)35-11-14-9-31(30-28-14)10-20(32)27-13-2-4-15(5-3-13)36-22(24,25)26/h1-9H,10-11H2,(H,27,32)(H,33,34). The van der Waals surface area contributed by atoms with Gasteiger partial charge in [0.05, 0.1) is 11.8 Å². The number of rotatable bonds is 9. The van der Waals surface area contributed by atoms with Gasteiger partial charge < -0.3 is 24.4 Å². The predicted octanol–water partition coefficient (Wildman–Crippen LogP) is 3.89. The van der Waals surface area contributed by atoms with Crippen LogP contribution in [0.3, 0.4) is 0 Å². The lowest BCUT2D eigenvalue weighted by atomic mass is 10.1. The molecule has 4 rings (SSSR count). The van der Waals surface area contributed by atoms with E-state index in [0.717, 1.165) is 30.3 Å². The lowest BCUT2D eigenvalue weighted by Gasteiger charge is -2.10. The third-order valence-corrected chi connectivity index (χ3v) is 4.58. The molecule has 0 radical (unpaired) electrons. The van der Waals surface area contributed by atoms with Crippen LogP contribution in [0.2, 0.25) is 0 Å². The Bertz CT molecular complexity index is 1420. The van der Waals surface area contributed by atoms with Crippen molar-refractivity contribution in [3.63, 3.8) is 0 Å². The van der Waals surface area contributed by atoms with E-state index in [1.54, 1.807) is 0 Å². The van der Waals surface area contributed by atoms with Crippen molar-refractivity contribution in [3.8, 4) is 22.8 Å². The zero-order chi connectivity index (χ0) is 26.6. The van der Waals surface area contributed by atoms with Crippen LogP contribution in [0.5, 0.6) is 11.5 Å². The molecule has 15 heteroatoms. The number of anilines is 1. The Kier molecular flexibility index (Phi) is 7.04. The zero-order valence-corrected chi connectivity index (χ0v) is 18.4. The van der Waals surface area contributed by atoms with Crippen LogP contribution < -0.4 is 14.8 Å². The number of aromatic carboxylic acids is 1. The number of nitrogens with zero attached hydrogens (tertiary/aromatic N) is 4. The molecule has 0 bridgehead atoms. The number of carbonyl (C=O) groups excluding carboxylic acids is 1. The Labute approximate surface area is 204 Å². The fraction of sp³-hybridized carbons (Fsp3) is 0.136. The summed E-state index contributed by atoms with van der Waals surface area (Å²) in [6, 6.07) is 9.28. The Morgan fingerprint density at radius 2 is 1.86 bits per heavy atom. The van der Waals surface area contributed by atoms with Crippen molar-refractivity contribution in [2.24, 2.45) is 0 Å². The number of carboxylic acids is 1. The van der Waals surface area contributed by atoms with Gasteiger partial charge in [-0.1, -0.05) is 10.4 Å². The number of carboxylic acid groups (broad SMARTS) is 1. The van der Waals surface area contributed by atoms with E-state index in [1.807, 2.05) is 0 Å². The number of carbonyl (C=O) groups is 2. The molecule has 0 fully saturated rings. The maximum Gasteiger partial charge on any atom is 0.573 e. The summed E-state index contributed by atoms with van der Waals surface area (Å²) in [5.41, 5.74) is 0.428. The van der Waals surface area contributed by atoms with Crippen LogP contribution in [0, 0.1) is 5.82 Å². The number of hydrogen-bond acceptors (Lipinski definition) is 8. The summed E-state index contributed by atoms with van der Waals surface area (Å²) in [5.74, 6) is -2.81. The quantitative estimate of drug-likeness (QED) is 0.314. The molecule has 0 spiro atoms. The minimum atomic E-state index is -4.82. The number of ether oxygens (including phenoxy) is 2. The van der Waals surface area contributed by atoms with Gasteiger partial charge >= 0.3 is 12.3 Å². The van der Waals surface area contributed by atoms with Crippen molar-refractivity contribution in [2.45, 2.75) is 19.5 Å². The molecule has 0 saturated heterocycles. The Hall–Kier alpha value is -4.95. The van der Waals surface area contributed by atoms with Crippen LogP contribution in [0.4, 0.5) is 23.2 Å². The average Bonchev–Trinajstić information content (AvgIpc) is 3.48. The van der Waals surface area contributed by atoms with Gasteiger partial charge in [-0.2, -0.15) is 0 Å². The SMILES string of the molecule is O=C(Cn1cc(COc2cc(F)ccc2-c2cc(C(=O)O)no2)nn1)Nc1ccc(OC(F)(F)F)cc1. The highest BCUT2D eigenvalue weighted by Gasteiger charge is 2.31. The third kappa shape index (κ3) is 6.81. The lowest BCUT2D eigenvalue weighted by molar-refractivity contribution is -0.274. The number of benzene rings is 2. The molecule has 0 aliphatic rings. The maximum absolute atomic E-state index is 13.8. The van der Waals surface area contributed by atoms with Gasteiger partial charge in [0.15, 0.2) is 11.5 Å².